The Morgan fingerprint density at radius 1 is 1.17 bits per heavy atom. The first-order valence-corrected chi connectivity index (χ1v) is 9.10. The van der Waals surface area contributed by atoms with Gasteiger partial charge in [0, 0.05) is 17.7 Å². The van der Waals surface area contributed by atoms with Crippen LogP contribution in [0.4, 0.5) is 5.69 Å². The molecule has 0 bridgehead atoms. The molecule has 4 rings (SSSR count). The number of fused-ring (bicyclic) bond motifs is 2. The molecule has 5 heteroatoms. The van der Waals surface area contributed by atoms with Crippen LogP contribution in [0.2, 0.25) is 0 Å². The molecule has 3 saturated carbocycles. The van der Waals surface area contributed by atoms with E-state index in [4.69, 9.17) is 27.9 Å². The second kappa shape index (κ2) is 5.56. The summed E-state index contributed by atoms with van der Waals surface area (Å²) in [6.45, 7) is 0. The average molecular weight is 354 g/mol. The van der Waals surface area contributed by atoms with Gasteiger partial charge in [-0.15, -0.1) is 23.2 Å². The van der Waals surface area contributed by atoms with Crippen molar-refractivity contribution in [2.45, 2.75) is 30.0 Å². The molecule has 0 heterocycles. The van der Waals surface area contributed by atoms with E-state index in [1.54, 1.807) is 7.11 Å². The number of carbonyl (C=O) groups excluding carboxylic acids is 1. The van der Waals surface area contributed by atoms with Crippen LogP contribution in [-0.2, 0) is 4.79 Å². The van der Waals surface area contributed by atoms with Crippen LogP contribution >= 0.6 is 23.2 Å². The topological polar surface area (TPSA) is 38.3 Å². The fourth-order valence-corrected chi connectivity index (χ4v) is 5.46. The minimum atomic E-state index is -0.491. The van der Waals surface area contributed by atoms with Crippen molar-refractivity contribution in [1.82, 2.24) is 0 Å². The highest BCUT2D eigenvalue weighted by Crippen LogP contribution is 2.67. The molecule has 3 aliphatic rings. The van der Waals surface area contributed by atoms with E-state index in [0.717, 1.165) is 37.1 Å². The van der Waals surface area contributed by atoms with E-state index in [9.17, 15) is 4.79 Å². The fourth-order valence-electron chi connectivity index (χ4n) is 4.54. The highest BCUT2D eigenvalue weighted by Gasteiger charge is 2.65. The van der Waals surface area contributed by atoms with Gasteiger partial charge in [0.1, 0.15) is 10.1 Å². The van der Waals surface area contributed by atoms with E-state index in [-0.39, 0.29) is 11.8 Å². The number of amides is 1. The highest BCUT2D eigenvalue weighted by atomic mass is 35.5. The number of ether oxygens (including phenoxy) is 1. The van der Waals surface area contributed by atoms with Crippen LogP contribution in [0.25, 0.3) is 0 Å². The molecular formula is C18H21Cl2NO2. The van der Waals surface area contributed by atoms with Crippen LogP contribution in [0.15, 0.2) is 24.3 Å². The van der Waals surface area contributed by atoms with Gasteiger partial charge in [-0.2, -0.15) is 0 Å². The fraction of sp³-hybridized carbons (Fsp3) is 0.611. The summed E-state index contributed by atoms with van der Waals surface area (Å²) in [6, 6.07) is 7.51. The summed E-state index contributed by atoms with van der Waals surface area (Å²) in [5, 5.41) is 3.04. The molecule has 3 fully saturated rings. The van der Waals surface area contributed by atoms with E-state index in [1.165, 1.54) is 0 Å². The van der Waals surface area contributed by atoms with Crippen molar-refractivity contribution < 1.29 is 9.53 Å². The lowest BCUT2D eigenvalue weighted by Gasteiger charge is -2.07. The molecule has 3 aliphatic carbocycles. The van der Waals surface area contributed by atoms with Gasteiger partial charge in [-0.1, -0.05) is 6.07 Å². The molecule has 0 radical (unpaired) electrons. The van der Waals surface area contributed by atoms with Gasteiger partial charge in [0.05, 0.1) is 7.11 Å². The standard InChI is InChI=1S/C18H21Cl2NO2/c1-23-11-4-2-3-10(9-11)21-17(22)16-12-5-7-14-15(18(14,19)20)8-6-13(12)16/h2-4,9,12-16H,5-8H2,1H3,(H,21,22)/t12-,13-,14+,15+/m1/s1. The highest BCUT2D eigenvalue weighted by molar-refractivity contribution is 6.51. The zero-order valence-electron chi connectivity index (χ0n) is 13.1. The zero-order valence-corrected chi connectivity index (χ0v) is 14.6. The zero-order chi connectivity index (χ0) is 16.2. The van der Waals surface area contributed by atoms with Gasteiger partial charge in [-0.25, -0.2) is 0 Å². The van der Waals surface area contributed by atoms with Crippen molar-refractivity contribution >= 4 is 34.8 Å². The van der Waals surface area contributed by atoms with Crippen molar-refractivity contribution in [2.24, 2.45) is 29.6 Å². The molecule has 0 unspecified atom stereocenters. The molecular weight excluding hydrogens is 333 g/mol. The monoisotopic (exact) mass is 353 g/mol. The summed E-state index contributed by atoms with van der Waals surface area (Å²) in [7, 11) is 1.63. The van der Waals surface area contributed by atoms with Crippen LogP contribution in [0, 0.1) is 29.6 Å². The van der Waals surface area contributed by atoms with Gasteiger partial charge < -0.3 is 10.1 Å². The Bertz CT molecular complexity index is 611. The molecule has 4 atom stereocenters. The molecule has 124 valence electrons. The van der Waals surface area contributed by atoms with Gasteiger partial charge in [0.2, 0.25) is 5.91 Å². The number of benzene rings is 1. The normalized spacial score (nSPS) is 36.7. The number of nitrogens with one attached hydrogen (secondary N) is 1. The lowest BCUT2D eigenvalue weighted by atomic mass is 10.0. The Balaban J connectivity index is 1.38. The summed E-state index contributed by atoms with van der Waals surface area (Å²) in [6.07, 6.45) is 4.26. The van der Waals surface area contributed by atoms with Crippen molar-refractivity contribution in [1.29, 1.82) is 0 Å². The summed E-state index contributed by atoms with van der Waals surface area (Å²) in [5.41, 5.74) is 0.803. The third-order valence-corrected chi connectivity index (χ3v) is 7.08. The molecule has 0 aromatic heterocycles. The summed E-state index contributed by atoms with van der Waals surface area (Å²) in [5.74, 6) is 2.94. The predicted molar refractivity (Wildman–Crippen MR) is 92.0 cm³/mol. The summed E-state index contributed by atoms with van der Waals surface area (Å²) >= 11 is 12.7. The molecule has 1 aromatic carbocycles. The predicted octanol–water partition coefficient (Wildman–Crippen LogP) is 4.49. The number of hydrogen-bond acceptors (Lipinski definition) is 2. The summed E-state index contributed by atoms with van der Waals surface area (Å²) in [4.78, 5) is 12.6. The van der Waals surface area contributed by atoms with Gasteiger partial charge in [-0.05, 0) is 61.5 Å². The molecule has 1 amide bonds. The van der Waals surface area contributed by atoms with E-state index < -0.39 is 4.33 Å². The maximum Gasteiger partial charge on any atom is 0.228 e. The molecule has 3 nitrogen and oxygen atoms in total. The first kappa shape index (κ1) is 15.6. The Kier molecular flexibility index (Phi) is 3.77. The minimum absolute atomic E-state index is 0.145. The molecule has 1 N–H and O–H groups in total. The molecule has 0 saturated heterocycles. The number of carbonyl (C=O) groups is 1. The van der Waals surface area contributed by atoms with Crippen molar-refractivity contribution in [3.63, 3.8) is 0 Å². The maximum absolute atomic E-state index is 12.6. The lowest BCUT2D eigenvalue weighted by Crippen LogP contribution is -2.15. The van der Waals surface area contributed by atoms with Gasteiger partial charge >= 0.3 is 0 Å². The molecule has 0 spiro atoms. The molecule has 23 heavy (non-hydrogen) atoms. The van der Waals surface area contributed by atoms with Crippen LogP contribution in [0.3, 0.4) is 0 Å². The van der Waals surface area contributed by atoms with Crippen molar-refractivity contribution in [3.05, 3.63) is 24.3 Å². The van der Waals surface area contributed by atoms with Gasteiger partial charge in [0.15, 0.2) is 0 Å². The second-order valence-corrected chi connectivity index (χ2v) is 8.56. The van der Waals surface area contributed by atoms with E-state index in [0.29, 0.717) is 23.7 Å². The Labute approximate surface area is 146 Å². The van der Waals surface area contributed by atoms with Crippen molar-refractivity contribution in [2.75, 3.05) is 12.4 Å². The Morgan fingerprint density at radius 2 is 1.83 bits per heavy atom. The van der Waals surface area contributed by atoms with Crippen molar-refractivity contribution in [3.8, 4) is 5.75 Å². The van der Waals surface area contributed by atoms with Crippen LogP contribution in [0.5, 0.6) is 5.75 Å². The number of hydrogen-bond donors (Lipinski definition) is 1. The number of methoxy groups -OCH3 is 1. The number of anilines is 1. The van der Waals surface area contributed by atoms with Crippen LogP contribution in [0.1, 0.15) is 25.7 Å². The lowest BCUT2D eigenvalue weighted by molar-refractivity contribution is -0.117. The first-order chi connectivity index (χ1) is 11.0. The third kappa shape index (κ3) is 2.72. The Morgan fingerprint density at radius 3 is 2.43 bits per heavy atom. The SMILES string of the molecule is COc1cccc(NC(=O)C2[C@@H]3CC[C@H]4[C@H](CC[C@@H]23)C4(Cl)Cl)c1. The number of alkyl halides is 2. The maximum atomic E-state index is 12.6. The van der Waals surface area contributed by atoms with Gasteiger partial charge in [0.25, 0.3) is 0 Å². The first-order valence-electron chi connectivity index (χ1n) is 8.35. The van der Waals surface area contributed by atoms with E-state index in [2.05, 4.69) is 5.32 Å². The summed E-state index contributed by atoms with van der Waals surface area (Å²) < 4.78 is 4.71. The smallest absolute Gasteiger partial charge is 0.228 e. The molecule has 0 aliphatic heterocycles. The largest absolute Gasteiger partial charge is 0.497 e. The van der Waals surface area contributed by atoms with E-state index in [1.807, 2.05) is 24.3 Å². The Hall–Kier alpha value is -0.930. The minimum Gasteiger partial charge on any atom is -0.497 e. The quantitative estimate of drug-likeness (QED) is 0.813. The van der Waals surface area contributed by atoms with E-state index >= 15 is 0 Å². The van der Waals surface area contributed by atoms with Crippen LogP contribution in [-0.4, -0.2) is 17.4 Å². The molecule has 1 aromatic rings. The number of halogens is 2. The second-order valence-electron chi connectivity index (χ2n) is 7.12. The van der Waals surface area contributed by atoms with Gasteiger partial charge in [-0.3, -0.25) is 4.79 Å². The van der Waals surface area contributed by atoms with Crippen LogP contribution < -0.4 is 10.1 Å². The third-order valence-electron chi connectivity index (χ3n) is 5.96. The number of rotatable bonds is 3. The average Bonchev–Trinajstić information content (AvgIpc) is 3.32.